The molecule has 18 heavy (non-hydrogen) atoms. The van der Waals surface area contributed by atoms with Crippen LogP contribution in [0.1, 0.15) is 62.1 Å². The molecule has 0 amide bonds. The van der Waals surface area contributed by atoms with E-state index in [-0.39, 0.29) is 6.04 Å². The zero-order chi connectivity index (χ0) is 12.7. The van der Waals surface area contributed by atoms with E-state index in [1.807, 2.05) is 11.3 Å². The van der Waals surface area contributed by atoms with E-state index in [9.17, 15) is 0 Å². The Balaban J connectivity index is 1.85. The number of rotatable bonds is 3. The lowest BCUT2D eigenvalue weighted by Crippen LogP contribution is -2.34. The standard InChI is InChI=1S/C14H23N3S/c1-9-4-3-7-17(8-9)14-16-12(11-5-6-11)13(18-14)10(2)15/h9-11H,3-8,15H2,1-2H3. The normalized spacial score (nSPS) is 26.4. The molecule has 1 aromatic heterocycles. The van der Waals surface area contributed by atoms with Crippen molar-refractivity contribution in [1.82, 2.24) is 4.98 Å². The second kappa shape index (κ2) is 4.82. The highest BCUT2D eigenvalue weighted by Gasteiger charge is 2.32. The lowest BCUT2D eigenvalue weighted by Gasteiger charge is -2.30. The summed E-state index contributed by atoms with van der Waals surface area (Å²) in [5.41, 5.74) is 7.41. The average Bonchev–Trinajstić information content (AvgIpc) is 3.07. The molecule has 1 saturated heterocycles. The molecule has 1 aliphatic heterocycles. The maximum Gasteiger partial charge on any atom is 0.185 e. The van der Waals surface area contributed by atoms with E-state index in [4.69, 9.17) is 10.7 Å². The number of hydrogen-bond acceptors (Lipinski definition) is 4. The van der Waals surface area contributed by atoms with Crippen molar-refractivity contribution in [3.05, 3.63) is 10.6 Å². The first-order valence-electron chi connectivity index (χ1n) is 7.16. The Labute approximate surface area is 113 Å². The predicted molar refractivity (Wildman–Crippen MR) is 77.3 cm³/mol. The first-order valence-corrected chi connectivity index (χ1v) is 7.98. The average molecular weight is 265 g/mol. The third kappa shape index (κ3) is 2.41. The van der Waals surface area contributed by atoms with Crippen molar-refractivity contribution in [3.8, 4) is 0 Å². The van der Waals surface area contributed by atoms with Crippen molar-refractivity contribution in [3.63, 3.8) is 0 Å². The van der Waals surface area contributed by atoms with Gasteiger partial charge in [-0.25, -0.2) is 4.98 Å². The molecule has 2 aliphatic rings. The molecule has 3 nitrogen and oxygen atoms in total. The number of hydrogen-bond donors (Lipinski definition) is 1. The van der Waals surface area contributed by atoms with E-state index < -0.39 is 0 Å². The van der Waals surface area contributed by atoms with Gasteiger partial charge in [0.05, 0.1) is 5.69 Å². The van der Waals surface area contributed by atoms with Gasteiger partial charge >= 0.3 is 0 Å². The summed E-state index contributed by atoms with van der Waals surface area (Å²) in [5, 5.41) is 1.22. The van der Waals surface area contributed by atoms with Gasteiger partial charge in [0.25, 0.3) is 0 Å². The van der Waals surface area contributed by atoms with Gasteiger partial charge in [0.1, 0.15) is 0 Å². The topological polar surface area (TPSA) is 42.2 Å². The second-order valence-electron chi connectivity index (χ2n) is 6.00. The second-order valence-corrected chi connectivity index (χ2v) is 7.01. The molecule has 1 saturated carbocycles. The predicted octanol–water partition coefficient (Wildman–Crippen LogP) is 3.28. The fraction of sp³-hybridized carbons (Fsp3) is 0.786. The van der Waals surface area contributed by atoms with Crippen molar-refractivity contribution in [1.29, 1.82) is 0 Å². The zero-order valence-electron chi connectivity index (χ0n) is 11.4. The molecule has 2 atom stereocenters. The van der Waals surface area contributed by atoms with Crippen molar-refractivity contribution in [2.24, 2.45) is 11.7 Å². The van der Waals surface area contributed by atoms with E-state index in [1.165, 1.54) is 47.9 Å². The highest BCUT2D eigenvalue weighted by molar-refractivity contribution is 7.15. The lowest BCUT2D eigenvalue weighted by atomic mass is 10.0. The van der Waals surface area contributed by atoms with Gasteiger partial charge in [-0.15, -0.1) is 0 Å². The van der Waals surface area contributed by atoms with E-state index in [0.29, 0.717) is 5.92 Å². The van der Waals surface area contributed by atoms with Gasteiger partial charge in [-0.3, -0.25) is 0 Å². The van der Waals surface area contributed by atoms with Crippen LogP contribution in [-0.2, 0) is 0 Å². The molecular formula is C14H23N3S. The van der Waals surface area contributed by atoms with Crippen molar-refractivity contribution >= 4 is 16.5 Å². The van der Waals surface area contributed by atoms with Gasteiger partial charge in [-0.1, -0.05) is 18.3 Å². The Bertz CT molecular complexity index is 403. The molecule has 2 heterocycles. The first kappa shape index (κ1) is 12.4. The Kier molecular flexibility index (Phi) is 3.32. The molecule has 0 spiro atoms. The molecule has 0 bridgehead atoms. The third-order valence-electron chi connectivity index (χ3n) is 3.97. The van der Waals surface area contributed by atoms with Gasteiger partial charge in [0.2, 0.25) is 0 Å². The lowest BCUT2D eigenvalue weighted by molar-refractivity contribution is 0.446. The summed E-state index contributed by atoms with van der Waals surface area (Å²) in [6.45, 7) is 6.76. The van der Waals surface area contributed by atoms with Crippen LogP contribution in [0.4, 0.5) is 5.13 Å². The maximum atomic E-state index is 6.10. The summed E-state index contributed by atoms with van der Waals surface area (Å²) in [6, 6.07) is 0.133. The highest BCUT2D eigenvalue weighted by Crippen LogP contribution is 2.45. The Hall–Kier alpha value is -0.610. The minimum atomic E-state index is 0.133. The SMILES string of the molecule is CC1CCCN(c2nc(C3CC3)c(C(C)N)s2)C1. The van der Waals surface area contributed by atoms with Gasteiger partial charge in [-0.05, 0) is 38.5 Å². The summed E-state index contributed by atoms with van der Waals surface area (Å²) < 4.78 is 0. The van der Waals surface area contributed by atoms with Crippen LogP contribution in [0, 0.1) is 5.92 Å². The summed E-state index contributed by atoms with van der Waals surface area (Å²) in [6.07, 6.45) is 5.27. The number of anilines is 1. The summed E-state index contributed by atoms with van der Waals surface area (Å²) in [5.74, 6) is 1.50. The highest BCUT2D eigenvalue weighted by atomic mass is 32.1. The molecule has 2 fully saturated rings. The molecular weight excluding hydrogens is 242 g/mol. The molecule has 0 radical (unpaired) electrons. The number of aromatic nitrogens is 1. The minimum absolute atomic E-state index is 0.133. The zero-order valence-corrected chi connectivity index (χ0v) is 12.2. The maximum absolute atomic E-state index is 6.10. The molecule has 1 aliphatic carbocycles. The Morgan fingerprint density at radius 3 is 2.78 bits per heavy atom. The molecule has 0 aromatic carbocycles. The van der Waals surface area contributed by atoms with Crippen LogP contribution in [0.15, 0.2) is 0 Å². The van der Waals surface area contributed by atoms with Crippen LogP contribution in [0.2, 0.25) is 0 Å². The van der Waals surface area contributed by atoms with Crippen molar-refractivity contribution < 1.29 is 0 Å². The first-order chi connectivity index (χ1) is 8.65. The number of nitrogens with zero attached hydrogens (tertiary/aromatic N) is 2. The van der Waals surface area contributed by atoms with Crippen LogP contribution >= 0.6 is 11.3 Å². The molecule has 4 heteroatoms. The summed E-state index contributed by atoms with van der Waals surface area (Å²) >= 11 is 1.83. The smallest absolute Gasteiger partial charge is 0.185 e. The van der Waals surface area contributed by atoms with Gasteiger partial charge in [-0.2, -0.15) is 0 Å². The molecule has 2 unspecified atom stereocenters. The van der Waals surface area contributed by atoms with E-state index in [2.05, 4.69) is 18.7 Å². The number of nitrogens with two attached hydrogens (primary N) is 1. The Morgan fingerprint density at radius 1 is 1.39 bits per heavy atom. The molecule has 1 aromatic rings. The molecule has 3 rings (SSSR count). The molecule has 100 valence electrons. The van der Waals surface area contributed by atoms with Crippen LogP contribution in [-0.4, -0.2) is 18.1 Å². The third-order valence-corrected chi connectivity index (χ3v) is 5.31. The quantitative estimate of drug-likeness (QED) is 0.912. The van der Waals surface area contributed by atoms with Gasteiger partial charge in [0, 0.05) is 29.9 Å². The Morgan fingerprint density at radius 2 is 2.17 bits per heavy atom. The van der Waals surface area contributed by atoms with Crippen LogP contribution in [0.5, 0.6) is 0 Å². The van der Waals surface area contributed by atoms with Crippen LogP contribution < -0.4 is 10.6 Å². The van der Waals surface area contributed by atoms with Crippen molar-refractivity contribution in [2.75, 3.05) is 18.0 Å². The van der Waals surface area contributed by atoms with E-state index in [0.717, 1.165) is 12.5 Å². The van der Waals surface area contributed by atoms with E-state index in [1.54, 1.807) is 0 Å². The van der Waals surface area contributed by atoms with Crippen LogP contribution in [0.3, 0.4) is 0 Å². The monoisotopic (exact) mass is 265 g/mol. The largest absolute Gasteiger partial charge is 0.348 e. The van der Waals surface area contributed by atoms with Gasteiger partial charge < -0.3 is 10.6 Å². The number of thiazole rings is 1. The van der Waals surface area contributed by atoms with Crippen molar-refractivity contribution in [2.45, 2.75) is 51.5 Å². The number of piperidine rings is 1. The summed E-state index contributed by atoms with van der Waals surface area (Å²) in [4.78, 5) is 8.71. The van der Waals surface area contributed by atoms with Gasteiger partial charge in [0.15, 0.2) is 5.13 Å². The summed E-state index contributed by atoms with van der Waals surface area (Å²) in [7, 11) is 0. The minimum Gasteiger partial charge on any atom is -0.348 e. The van der Waals surface area contributed by atoms with E-state index >= 15 is 0 Å². The fourth-order valence-electron chi connectivity index (χ4n) is 2.81. The fourth-order valence-corrected chi connectivity index (χ4v) is 3.94. The van der Waals surface area contributed by atoms with Crippen LogP contribution in [0.25, 0.3) is 0 Å². The molecule has 2 N–H and O–H groups in total.